The van der Waals surface area contributed by atoms with Gasteiger partial charge in [-0.2, -0.15) is 0 Å². The molecule has 0 spiro atoms. The Morgan fingerprint density at radius 3 is 3.00 bits per heavy atom. The molecule has 0 saturated heterocycles. The molecule has 1 fully saturated rings. The minimum atomic E-state index is -0.376. The number of esters is 1. The van der Waals surface area contributed by atoms with Crippen LogP contribution >= 0.6 is 0 Å². The van der Waals surface area contributed by atoms with Crippen LogP contribution in [0, 0.1) is 0 Å². The van der Waals surface area contributed by atoms with Gasteiger partial charge in [-0.05, 0) is 25.0 Å². The summed E-state index contributed by atoms with van der Waals surface area (Å²) in [6.45, 7) is 0. The van der Waals surface area contributed by atoms with Gasteiger partial charge in [-0.1, -0.05) is 0 Å². The van der Waals surface area contributed by atoms with E-state index in [1.165, 1.54) is 7.11 Å². The largest absolute Gasteiger partial charge is 0.465 e. The number of aliphatic hydroxyl groups is 1. The third-order valence-corrected chi connectivity index (χ3v) is 2.65. The highest BCUT2D eigenvalue weighted by Crippen LogP contribution is 2.23. The third-order valence-electron chi connectivity index (χ3n) is 2.65. The van der Waals surface area contributed by atoms with Crippen LogP contribution in [0.15, 0.2) is 18.3 Å². The highest BCUT2D eigenvalue weighted by atomic mass is 16.5. The van der Waals surface area contributed by atoms with E-state index in [2.05, 4.69) is 15.0 Å². The number of nitrogens with zero attached hydrogens (tertiary/aromatic N) is 1. The molecule has 86 valence electrons. The van der Waals surface area contributed by atoms with Crippen molar-refractivity contribution in [2.75, 3.05) is 12.4 Å². The number of anilines is 1. The average Bonchev–Trinajstić information content (AvgIpc) is 2.26. The zero-order valence-corrected chi connectivity index (χ0v) is 9.01. The summed E-state index contributed by atoms with van der Waals surface area (Å²) >= 11 is 0. The van der Waals surface area contributed by atoms with Crippen LogP contribution in [0.5, 0.6) is 0 Å². The van der Waals surface area contributed by atoms with E-state index in [-0.39, 0.29) is 18.1 Å². The van der Waals surface area contributed by atoms with Crippen molar-refractivity contribution in [3.8, 4) is 0 Å². The Balaban J connectivity index is 2.02. The number of aromatic nitrogens is 1. The number of nitrogens with one attached hydrogen (secondary N) is 1. The molecule has 1 heterocycles. The lowest BCUT2D eigenvalue weighted by atomic mass is 9.89. The highest BCUT2D eigenvalue weighted by Gasteiger charge is 2.27. The molecule has 2 rings (SSSR count). The SMILES string of the molecule is COC(=O)c1ccnc(NC2CC(O)C2)c1. The topological polar surface area (TPSA) is 71.5 Å². The van der Waals surface area contributed by atoms with Gasteiger partial charge < -0.3 is 15.2 Å². The van der Waals surface area contributed by atoms with Gasteiger partial charge in [0.15, 0.2) is 0 Å². The molecule has 1 aliphatic carbocycles. The Morgan fingerprint density at radius 1 is 1.62 bits per heavy atom. The van der Waals surface area contributed by atoms with Gasteiger partial charge in [0.2, 0.25) is 0 Å². The smallest absolute Gasteiger partial charge is 0.338 e. The van der Waals surface area contributed by atoms with Crippen molar-refractivity contribution >= 4 is 11.8 Å². The molecule has 5 heteroatoms. The monoisotopic (exact) mass is 222 g/mol. The van der Waals surface area contributed by atoms with Crippen molar-refractivity contribution in [1.29, 1.82) is 0 Å². The Bertz CT molecular complexity index is 389. The summed E-state index contributed by atoms with van der Waals surface area (Å²) in [5.41, 5.74) is 0.472. The van der Waals surface area contributed by atoms with E-state index in [1.54, 1.807) is 18.3 Å². The molecule has 0 radical (unpaired) electrons. The molecule has 16 heavy (non-hydrogen) atoms. The minimum absolute atomic E-state index is 0.207. The van der Waals surface area contributed by atoms with Crippen LogP contribution in [-0.4, -0.2) is 35.3 Å². The van der Waals surface area contributed by atoms with Crippen LogP contribution in [0.1, 0.15) is 23.2 Å². The fourth-order valence-corrected chi connectivity index (χ4v) is 1.67. The standard InChI is InChI=1S/C11H14N2O3/c1-16-11(15)7-2-3-12-10(4-7)13-8-5-9(14)6-8/h2-4,8-9,14H,5-6H2,1H3,(H,12,13). The number of carbonyl (C=O) groups is 1. The van der Waals surface area contributed by atoms with Crippen molar-refractivity contribution < 1.29 is 14.6 Å². The zero-order chi connectivity index (χ0) is 11.5. The maximum atomic E-state index is 11.3. The first-order valence-electron chi connectivity index (χ1n) is 5.18. The number of hydrogen-bond acceptors (Lipinski definition) is 5. The second-order valence-corrected chi connectivity index (χ2v) is 3.89. The van der Waals surface area contributed by atoms with Gasteiger partial charge in [-0.3, -0.25) is 0 Å². The van der Waals surface area contributed by atoms with Crippen LogP contribution in [0.2, 0.25) is 0 Å². The van der Waals surface area contributed by atoms with Crippen molar-refractivity contribution in [2.45, 2.75) is 25.0 Å². The number of rotatable bonds is 3. The molecular weight excluding hydrogens is 208 g/mol. The van der Waals surface area contributed by atoms with Crippen LogP contribution in [-0.2, 0) is 4.74 Å². The molecule has 1 aromatic rings. The predicted molar refractivity (Wildman–Crippen MR) is 58.2 cm³/mol. The molecule has 0 bridgehead atoms. The number of pyridine rings is 1. The summed E-state index contributed by atoms with van der Waals surface area (Å²) in [4.78, 5) is 15.4. The summed E-state index contributed by atoms with van der Waals surface area (Å²) < 4.78 is 4.62. The first-order chi connectivity index (χ1) is 7.69. The molecule has 0 unspecified atom stereocenters. The maximum Gasteiger partial charge on any atom is 0.338 e. The average molecular weight is 222 g/mol. The van der Waals surface area contributed by atoms with Crippen LogP contribution in [0.25, 0.3) is 0 Å². The van der Waals surface area contributed by atoms with Gasteiger partial charge in [-0.15, -0.1) is 0 Å². The van der Waals surface area contributed by atoms with Crippen molar-refractivity contribution in [3.05, 3.63) is 23.9 Å². The van der Waals surface area contributed by atoms with Crippen molar-refractivity contribution in [2.24, 2.45) is 0 Å². The fourth-order valence-electron chi connectivity index (χ4n) is 1.67. The number of hydrogen-bond donors (Lipinski definition) is 2. The molecule has 0 aromatic carbocycles. The second kappa shape index (κ2) is 4.49. The molecule has 1 aromatic heterocycles. The summed E-state index contributed by atoms with van der Waals surface area (Å²) in [7, 11) is 1.35. The fraction of sp³-hybridized carbons (Fsp3) is 0.455. The molecule has 0 aliphatic heterocycles. The number of carbonyl (C=O) groups excluding carboxylic acids is 1. The third kappa shape index (κ3) is 2.30. The van der Waals surface area contributed by atoms with E-state index in [9.17, 15) is 4.79 Å². The van der Waals surface area contributed by atoms with E-state index in [1.807, 2.05) is 0 Å². The molecule has 1 saturated carbocycles. The zero-order valence-electron chi connectivity index (χ0n) is 9.01. The van der Waals surface area contributed by atoms with E-state index < -0.39 is 0 Å². The van der Waals surface area contributed by atoms with Gasteiger partial charge in [0.1, 0.15) is 5.82 Å². The lowest BCUT2D eigenvalue weighted by Crippen LogP contribution is -2.39. The first kappa shape index (κ1) is 10.9. The Labute approximate surface area is 93.5 Å². The van der Waals surface area contributed by atoms with E-state index in [0.717, 1.165) is 12.8 Å². The summed E-state index contributed by atoms with van der Waals surface area (Å²) in [5.74, 6) is 0.263. The number of methoxy groups -OCH3 is 1. The molecule has 5 nitrogen and oxygen atoms in total. The normalized spacial score (nSPS) is 23.4. The van der Waals surface area contributed by atoms with Gasteiger partial charge in [0.25, 0.3) is 0 Å². The van der Waals surface area contributed by atoms with E-state index >= 15 is 0 Å². The lowest BCUT2D eigenvalue weighted by Gasteiger charge is -2.32. The molecule has 1 aliphatic rings. The summed E-state index contributed by atoms with van der Waals surface area (Å²) in [6.07, 6.45) is 2.80. The Kier molecular flexibility index (Phi) is 3.05. The Hall–Kier alpha value is -1.62. The molecule has 0 amide bonds. The predicted octanol–water partition coefficient (Wildman–Crippen LogP) is 0.803. The number of ether oxygens (including phenoxy) is 1. The second-order valence-electron chi connectivity index (χ2n) is 3.89. The quantitative estimate of drug-likeness (QED) is 0.740. The van der Waals surface area contributed by atoms with Crippen molar-refractivity contribution in [3.63, 3.8) is 0 Å². The highest BCUT2D eigenvalue weighted by molar-refractivity contribution is 5.89. The van der Waals surface area contributed by atoms with Crippen LogP contribution in [0.3, 0.4) is 0 Å². The maximum absolute atomic E-state index is 11.3. The van der Waals surface area contributed by atoms with E-state index in [0.29, 0.717) is 11.4 Å². The van der Waals surface area contributed by atoms with Gasteiger partial charge >= 0.3 is 5.97 Å². The summed E-state index contributed by atoms with van der Waals surface area (Å²) in [5, 5.41) is 12.3. The Morgan fingerprint density at radius 2 is 2.38 bits per heavy atom. The molecule has 0 atom stereocenters. The first-order valence-corrected chi connectivity index (χ1v) is 5.18. The summed E-state index contributed by atoms with van der Waals surface area (Å²) in [6, 6.07) is 3.50. The van der Waals surface area contributed by atoms with Gasteiger partial charge in [0, 0.05) is 12.2 Å². The minimum Gasteiger partial charge on any atom is -0.465 e. The van der Waals surface area contributed by atoms with Crippen LogP contribution < -0.4 is 5.32 Å². The van der Waals surface area contributed by atoms with Gasteiger partial charge in [-0.25, -0.2) is 9.78 Å². The van der Waals surface area contributed by atoms with E-state index in [4.69, 9.17) is 5.11 Å². The van der Waals surface area contributed by atoms with Crippen LogP contribution in [0.4, 0.5) is 5.82 Å². The molecule has 2 N–H and O–H groups in total. The van der Waals surface area contributed by atoms with Gasteiger partial charge in [0.05, 0.1) is 18.8 Å². The lowest BCUT2D eigenvalue weighted by molar-refractivity contribution is 0.0600. The molecular formula is C11H14N2O3. The van der Waals surface area contributed by atoms with Crippen molar-refractivity contribution in [1.82, 2.24) is 4.98 Å². The number of aliphatic hydroxyl groups excluding tert-OH is 1.